The summed E-state index contributed by atoms with van der Waals surface area (Å²) < 4.78 is 10.7. The number of rotatable bonds is 4. The molecule has 3 rings (SSSR count). The van der Waals surface area contributed by atoms with E-state index in [-0.39, 0.29) is 6.04 Å². The molecular formula is C14H13N3O2. The van der Waals surface area contributed by atoms with E-state index in [1.54, 1.807) is 18.6 Å². The molecule has 2 aromatic heterocycles. The highest BCUT2D eigenvalue weighted by molar-refractivity contribution is 5.49. The van der Waals surface area contributed by atoms with Crippen LogP contribution in [0.2, 0.25) is 0 Å². The quantitative estimate of drug-likeness (QED) is 0.776. The van der Waals surface area contributed by atoms with Gasteiger partial charge in [-0.3, -0.25) is 0 Å². The number of nitrogens with one attached hydrogen (secondary N) is 1. The molecule has 1 aromatic carbocycles. The molecular weight excluding hydrogens is 242 g/mol. The maximum atomic E-state index is 5.69. The number of hydrogen-bond donors (Lipinski definition) is 1. The molecule has 0 saturated heterocycles. The Hall–Kier alpha value is -2.40. The number of furan rings is 1. The summed E-state index contributed by atoms with van der Waals surface area (Å²) in [5.41, 5.74) is 1.86. The summed E-state index contributed by atoms with van der Waals surface area (Å²) in [6.45, 7) is 0. The van der Waals surface area contributed by atoms with Gasteiger partial charge in [0.1, 0.15) is 12.3 Å². The normalized spacial score (nSPS) is 12.5. The Morgan fingerprint density at radius 1 is 1.11 bits per heavy atom. The fraction of sp³-hybridized carbons (Fsp3) is 0.143. The first-order chi connectivity index (χ1) is 9.38. The van der Waals surface area contributed by atoms with Crippen molar-refractivity contribution >= 4 is 0 Å². The van der Waals surface area contributed by atoms with E-state index < -0.39 is 0 Å². The second-order valence-electron chi connectivity index (χ2n) is 4.09. The van der Waals surface area contributed by atoms with Crippen molar-refractivity contribution in [2.75, 3.05) is 7.05 Å². The summed E-state index contributed by atoms with van der Waals surface area (Å²) in [4.78, 5) is 0. The third-order valence-corrected chi connectivity index (χ3v) is 2.88. The summed E-state index contributed by atoms with van der Waals surface area (Å²) in [6.07, 6.45) is 3.15. The summed E-state index contributed by atoms with van der Waals surface area (Å²) in [5, 5.41) is 11.3. The fourth-order valence-corrected chi connectivity index (χ4v) is 1.93. The molecule has 0 amide bonds. The van der Waals surface area contributed by atoms with Crippen LogP contribution in [0.15, 0.2) is 57.8 Å². The second-order valence-corrected chi connectivity index (χ2v) is 4.09. The average molecular weight is 255 g/mol. The lowest BCUT2D eigenvalue weighted by molar-refractivity contribution is 0.455. The molecule has 96 valence electrons. The zero-order valence-corrected chi connectivity index (χ0v) is 10.4. The lowest BCUT2D eigenvalue weighted by Gasteiger charge is -2.11. The molecule has 2 heterocycles. The van der Waals surface area contributed by atoms with E-state index >= 15 is 0 Å². The summed E-state index contributed by atoms with van der Waals surface area (Å²) in [7, 11) is 1.86. The van der Waals surface area contributed by atoms with E-state index in [1.165, 1.54) is 0 Å². The van der Waals surface area contributed by atoms with Crippen LogP contribution in [-0.4, -0.2) is 17.2 Å². The minimum absolute atomic E-state index is 0.116. The highest BCUT2D eigenvalue weighted by atomic mass is 16.4. The fourth-order valence-electron chi connectivity index (χ4n) is 1.93. The first kappa shape index (κ1) is 11.7. The van der Waals surface area contributed by atoms with Crippen LogP contribution < -0.4 is 5.32 Å². The predicted molar refractivity (Wildman–Crippen MR) is 69.3 cm³/mol. The van der Waals surface area contributed by atoms with Gasteiger partial charge in [0.25, 0.3) is 5.89 Å². The van der Waals surface area contributed by atoms with E-state index in [0.717, 1.165) is 11.1 Å². The van der Waals surface area contributed by atoms with Gasteiger partial charge in [-0.1, -0.05) is 30.3 Å². The van der Waals surface area contributed by atoms with Gasteiger partial charge in [-0.05, 0) is 18.7 Å². The molecule has 0 aliphatic rings. The molecule has 0 saturated carbocycles. The highest BCUT2D eigenvalue weighted by Gasteiger charge is 2.19. The van der Waals surface area contributed by atoms with Gasteiger partial charge in [0.15, 0.2) is 0 Å². The zero-order valence-electron chi connectivity index (χ0n) is 10.4. The smallest absolute Gasteiger partial charge is 0.251 e. The Balaban J connectivity index is 1.93. The Labute approximate surface area is 110 Å². The van der Waals surface area contributed by atoms with Crippen molar-refractivity contribution in [2.24, 2.45) is 0 Å². The van der Waals surface area contributed by atoms with Crippen LogP contribution in [0, 0.1) is 0 Å². The maximum Gasteiger partial charge on any atom is 0.251 e. The van der Waals surface area contributed by atoms with Crippen molar-refractivity contribution in [1.82, 2.24) is 15.5 Å². The highest BCUT2D eigenvalue weighted by Crippen LogP contribution is 2.24. The van der Waals surface area contributed by atoms with Gasteiger partial charge < -0.3 is 14.2 Å². The lowest BCUT2D eigenvalue weighted by atomic mass is 10.1. The number of aromatic nitrogens is 2. The summed E-state index contributed by atoms with van der Waals surface area (Å²) >= 11 is 0. The van der Waals surface area contributed by atoms with Gasteiger partial charge in [0.05, 0.1) is 11.8 Å². The molecule has 0 aliphatic carbocycles. The molecule has 0 aliphatic heterocycles. The van der Waals surface area contributed by atoms with Gasteiger partial charge in [0, 0.05) is 0 Å². The Kier molecular flexibility index (Phi) is 3.12. The van der Waals surface area contributed by atoms with Crippen molar-refractivity contribution in [2.45, 2.75) is 6.04 Å². The van der Waals surface area contributed by atoms with Gasteiger partial charge in [-0.2, -0.15) is 0 Å². The minimum atomic E-state index is -0.116. The largest absolute Gasteiger partial charge is 0.472 e. The Bertz CT molecular complexity index is 632. The third-order valence-electron chi connectivity index (χ3n) is 2.88. The lowest BCUT2D eigenvalue weighted by Crippen LogP contribution is -2.17. The number of benzene rings is 1. The van der Waals surface area contributed by atoms with Crippen LogP contribution in [0.1, 0.15) is 17.5 Å². The van der Waals surface area contributed by atoms with Crippen molar-refractivity contribution < 1.29 is 8.83 Å². The second kappa shape index (κ2) is 5.07. The molecule has 0 fully saturated rings. The molecule has 0 bridgehead atoms. The first-order valence-corrected chi connectivity index (χ1v) is 5.96. The molecule has 1 unspecified atom stereocenters. The first-order valence-electron chi connectivity index (χ1n) is 5.96. The van der Waals surface area contributed by atoms with Crippen LogP contribution in [-0.2, 0) is 0 Å². The maximum absolute atomic E-state index is 5.69. The monoisotopic (exact) mass is 255 g/mol. The van der Waals surface area contributed by atoms with Crippen LogP contribution in [0.4, 0.5) is 0 Å². The Morgan fingerprint density at radius 2 is 1.95 bits per heavy atom. The van der Waals surface area contributed by atoms with Crippen LogP contribution >= 0.6 is 0 Å². The molecule has 0 spiro atoms. The van der Waals surface area contributed by atoms with Gasteiger partial charge in [0.2, 0.25) is 5.89 Å². The molecule has 1 atom stereocenters. The van der Waals surface area contributed by atoms with Crippen molar-refractivity contribution in [3.8, 4) is 11.5 Å². The third kappa shape index (κ3) is 2.28. The van der Waals surface area contributed by atoms with E-state index in [1.807, 2.05) is 37.4 Å². The summed E-state index contributed by atoms with van der Waals surface area (Å²) in [5.74, 6) is 0.991. The average Bonchev–Trinajstić information content (AvgIpc) is 3.11. The predicted octanol–water partition coefficient (Wildman–Crippen LogP) is 2.64. The topological polar surface area (TPSA) is 64.1 Å². The van der Waals surface area contributed by atoms with E-state index in [2.05, 4.69) is 15.5 Å². The molecule has 5 nitrogen and oxygen atoms in total. The summed E-state index contributed by atoms with van der Waals surface area (Å²) in [6, 6.07) is 11.6. The van der Waals surface area contributed by atoms with Crippen LogP contribution in [0.3, 0.4) is 0 Å². The van der Waals surface area contributed by atoms with Gasteiger partial charge in [-0.25, -0.2) is 0 Å². The van der Waals surface area contributed by atoms with E-state index in [9.17, 15) is 0 Å². The van der Waals surface area contributed by atoms with Gasteiger partial charge in [-0.15, -0.1) is 10.2 Å². The molecule has 0 radical (unpaired) electrons. The van der Waals surface area contributed by atoms with Crippen molar-refractivity contribution in [1.29, 1.82) is 0 Å². The standard InChI is InChI=1S/C14H13N3O2/c1-15-12(10-5-3-2-4-6-10)14-17-16-13(19-14)11-7-8-18-9-11/h2-9,12,15H,1H3. The zero-order chi connectivity index (χ0) is 13.1. The van der Waals surface area contributed by atoms with Gasteiger partial charge >= 0.3 is 0 Å². The van der Waals surface area contributed by atoms with Crippen LogP contribution in [0.25, 0.3) is 11.5 Å². The number of nitrogens with zero attached hydrogens (tertiary/aromatic N) is 2. The van der Waals surface area contributed by atoms with Crippen molar-refractivity contribution in [3.05, 3.63) is 60.4 Å². The molecule has 5 heteroatoms. The van der Waals surface area contributed by atoms with Crippen molar-refractivity contribution in [3.63, 3.8) is 0 Å². The van der Waals surface area contributed by atoms with Crippen LogP contribution in [0.5, 0.6) is 0 Å². The Morgan fingerprint density at radius 3 is 2.63 bits per heavy atom. The SMILES string of the molecule is CNC(c1ccccc1)c1nnc(-c2ccoc2)o1. The van der Waals surface area contributed by atoms with E-state index in [0.29, 0.717) is 11.8 Å². The molecule has 1 N–H and O–H groups in total. The number of hydrogen-bond acceptors (Lipinski definition) is 5. The van der Waals surface area contributed by atoms with E-state index in [4.69, 9.17) is 8.83 Å². The molecule has 3 aromatic rings. The molecule has 19 heavy (non-hydrogen) atoms. The minimum Gasteiger partial charge on any atom is -0.472 e.